The van der Waals surface area contributed by atoms with Gasteiger partial charge in [0, 0.05) is 0 Å². The Morgan fingerprint density at radius 1 is 1.06 bits per heavy atom. The summed E-state index contributed by atoms with van der Waals surface area (Å²) in [5, 5.41) is 9.68. The van der Waals surface area contributed by atoms with Crippen molar-refractivity contribution in [1.82, 2.24) is 0 Å². The molecule has 0 amide bonds. The second-order valence-electron chi connectivity index (χ2n) is 3.96. The predicted octanol–water partition coefficient (Wildman–Crippen LogP) is 3.49. The number of hydrogen-bond donors (Lipinski definition) is 1. The van der Waals surface area contributed by atoms with Crippen LogP contribution in [0, 0.1) is 0 Å². The van der Waals surface area contributed by atoms with Crippen molar-refractivity contribution in [2.45, 2.75) is 12.6 Å². The molecule has 2 aromatic rings. The van der Waals surface area contributed by atoms with E-state index in [0.29, 0.717) is 16.3 Å². The Morgan fingerprint density at radius 2 is 1.67 bits per heavy atom. The van der Waals surface area contributed by atoms with Gasteiger partial charge in [0.05, 0.1) is 12.0 Å². The van der Waals surface area contributed by atoms with E-state index >= 15 is 0 Å². The maximum Gasteiger partial charge on any atom is 0.416 e. The summed E-state index contributed by atoms with van der Waals surface area (Å²) < 4.78 is 37.5. The number of alkyl halides is 3. The number of carboxylic acid groups (broad SMARTS) is 1. The molecule has 0 fully saturated rings. The lowest BCUT2D eigenvalue weighted by Crippen LogP contribution is -2.04. The van der Waals surface area contributed by atoms with Crippen LogP contribution in [-0.2, 0) is 17.4 Å². The van der Waals surface area contributed by atoms with Gasteiger partial charge in [-0.1, -0.05) is 24.3 Å². The Bertz CT molecular complexity index is 603. The minimum Gasteiger partial charge on any atom is -0.481 e. The van der Waals surface area contributed by atoms with Crippen molar-refractivity contribution in [2.75, 3.05) is 0 Å². The third-order valence-corrected chi connectivity index (χ3v) is 2.59. The first-order chi connectivity index (χ1) is 8.36. The van der Waals surface area contributed by atoms with Crippen molar-refractivity contribution in [2.24, 2.45) is 0 Å². The van der Waals surface area contributed by atoms with Crippen molar-refractivity contribution in [3.63, 3.8) is 0 Å². The van der Waals surface area contributed by atoms with Gasteiger partial charge in [0.1, 0.15) is 0 Å². The molecule has 0 aromatic heterocycles. The summed E-state index contributed by atoms with van der Waals surface area (Å²) in [5.74, 6) is -0.971. The lowest BCUT2D eigenvalue weighted by atomic mass is 10.0. The Balaban J connectivity index is 2.45. The highest BCUT2D eigenvalue weighted by atomic mass is 19.4. The van der Waals surface area contributed by atoms with E-state index in [1.165, 1.54) is 18.2 Å². The normalized spacial score (nSPS) is 11.7. The Labute approximate surface area is 101 Å². The van der Waals surface area contributed by atoms with E-state index in [4.69, 9.17) is 5.11 Å². The number of rotatable bonds is 2. The maximum atomic E-state index is 12.5. The number of aliphatic carboxylic acids is 1. The van der Waals surface area contributed by atoms with E-state index in [1.54, 1.807) is 6.07 Å². The average molecular weight is 254 g/mol. The van der Waals surface area contributed by atoms with Crippen LogP contribution in [0.4, 0.5) is 13.2 Å². The summed E-state index contributed by atoms with van der Waals surface area (Å²) in [6.45, 7) is 0. The highest BCUT2D eigenvalue weighted by Gasteiger charge is 2.30. The predicted molar refractivity (Wildman–Crippen MR) is 60.3 cm³/mol. The van der Waals surface area contributed by atoms with E-state index in [1.807, 2.05) is 0 Å². The third-order valence-electron chi connectivity index (χ3n) is 2.59. The smallest absolute Gasteiger partial charge is 0.416 e. The van der Waals surface area contributed by atoms with Gasteiger partial charge >= 0.3 is 12.1 Å². The molecule has 18 heavy (non-hydrogen) atoms. The number of carbonyl (C=O) groups is 1. The fourth-order valence-electron chi connectivity index (χ4n) is 1.76. The van der Waals surface area contributed by atoms with Crippen LogP contribution in [0.25, 0.3) is 10.8 Å². The zero-order valence-electron chi connectivity index (χ0n) is 9.16. The number of benzene rings is 2. The van der Waals surface area contributed by atoms with Gasteiger partial charge in [-0.2, -0.15) is 13.2 Å². The summed E-state index contributed by atoms with van der Waals surface area (Å²) in [6.07, 6.45) is -4.51. The number of hydrogen-bond acceptors (Lipinski definition) is 1. The van der Waals surface area contributed by atoms with E-state index in [0.717, 1.165) is 12.1 Å². The van der Waals surface area contributed by atoms with Crippen molar-refractivity contribution in [3.05, 3.63) is 47.5 Å². The summed E-state index contributed by atoms with van der Waals surface area (Å²) in [6, 6.07) is 8.01. The van der Waals surface area contributed by atoms with Crippen molar-refractivity contribution >= 4 is 16.7 Å². The first kappa shape index (κ1) is 12.4. The van der Waals surface area contributed by atoms with Gasteiger partial charge in [-0.15, -0.1) is 0 Å². The molecule has 2 rings (SSSR count). The Kier molecular flexibility index (Phi) is 2.98. The monoisotopic (exact) mass is 254 g/mol. The van der Waals surface area contributed by atoms with Gasteiger partial charge in [0.25, 0.3) is 0 Å². The van der Waals surface area contributed by atoms with Crippen LogP contribution in [0.15, 0.2) is 36.4 Å². The first-order valence-electron chi connectivity index (χ1n) is 5.18. The van der Waals surface area contributed by atoms with Gasteiger partial charge < -0.3 is 5.11 Å². The molecule has 2 aromatic carbocycles. The van der Waals surface area contributed by atoms with E-state index < -0.39 is 17.7 Å². The van der Waals surface area contributed by atoms with Crippen molar-refractivity contribution in [1.29, 1.82) is 0 Å². The molecule has 0 spiro atoms. The van der Waals surface area contributed by atoms with E-state index in [-0.39, 0.29) is 6.42 Å². The van der Waals surface area contributed by atoms with Crippen LogP contribution >= 0.6 is 0 Å². The van der Waals surface area contributed by atoms with Crippen molar-refractivity contribution < 1.29 is 23.1 Å². The number of halogens is 3. The molecule has 0 saturated heterocycles. The van der Waals surface area contributed by atoms with E-state index in [2.05, 4.69) is 0 Å². The molecule has 0 heterocycles. The van der Waals surface area contributed by atoms with Crippen molar-refractivity contribution in [3.8, 4) is 0 Å². The SMILES string of the molecule is O=C(O)Cc1ccc2cc(C(F)(F)F)ccc2c1. The largest absolute Gasteiger partial charge is 0.481 e. The highest BCUT2D eigenvalue weighted by molar-refractivity contribution is 5.85. The molecule has 1 N–H and O–H groups in total. The van der Waals surface area contributed by atoms with Crippen LogP contribution < -0.4 is 0 Å². The number of carboxylic acids is 1. The molecule has 94 valence electrons. The van der Waals surface area contributed by atoms with Gasteiger partial charge in [0.15, 0.2) is 0 Å². The topological polar surface area (TPSA) is 37.3 Å². The zero-order valence-corrected chi connectivity index (χ0v) is 9.16. The lowest BCUT2D eigenvalue weighted by molar-refractivity contribution is -0.138. The van der Waals surface area contributed by atoms with Gasteiger partial charge in [-0.3, -0.25) is 4.79 Å². The van der Waals surface area contributed by atoms with Crippen LogP contribution in [0.2, 0.25) is 0 Å². The summed E-state index contributed by atoms with van der Waals surface area (Å²) in [5.41, 5.74) is -0.143. The van der Waals surface area contributed by atoms with Gasteiger partial charge in [-0.25, -0.2) is 0 Å². The summed E-state index contributed by atoms with van der Waals surface area (Å²) in [7, 11) is 0. The minimum atomic E-state index is -4.37. The molecular formula is C13H9F3O2. The Morgan fingerprint density at radius 3 is 2.28 bits per heavy atom. The molecule has 0 bridgehead atoms. The molecule has 0 atom stereocenters. The number of fused-ring (bicyclic) bond motifs is 1. The molecule has 0 saturated carbocycles. The standard InChI is InChI=1S/C13H9F3O2/c14-13(15,16)11-4-3-9-5-8(6-12(17)18)1-2-10(9)7-11/h1-5,7H,6H2,(H,17,18). The first-order valence-corrected chi connectivity index (χ1v) is 5.18. The quantitative estimate of drug-likeness (QED) is 0.890. The molecule has 0 aliphatic rings. The molecule has 2 nitrogen and oxygen atoms in total. The van der Waals surface area contributed by atoms with Crippen LogP contribution in [0.3, 0.4) is 0 Å². The fourth-order valence-corrected chi connectivity index (χ4v) is 1.76. The van der Waals surface area contributed by atoms with Crippen LogP contribution in [0.1, 0.15) is 11.1 Å². The average Bonchev–Trinajstić information content (AvgIpc) is 2.26. The van der Waals surface area contributed by atoms with Gasteiger partial charge in [-0.05, 0) is 28.5 Å². The molecule has 0 radical (unpaired) electrons. The molecule has 0 aliphatic carbocycles. The molecule has 5 heteroatoms. The summed E-state index contributed by atoms with van der Waals surface area (Å²) in [4.78, 5) is 10.5. The van der Waals surface area contributed by atoms with Gasteiger partial charge in [0.2, 0.25) is 0 Å². The maximum absolute atomic E-state index is 12.5. The lowest BCUT2D eigenvalue weighted by Gasteiger charge is -2.08. The fraction of sp³-hybridized carbons (Fsp3) is 0.154. The third kappa shape index (κ3) is 2.61. The van der Waals surface area contributed by atoms with Crippen LogP contribution in [0.5, 0.6) is 0 Å². The minimum absolute atomic E-state index is 0.142. The Hall–Kier alpha value is -2.04. The zero-order chi connectivity index (χ0) is 13.3. The second kappa shape index (κ2) is 4.33. The molecular weight excluding hydrogens is 245 g/mol. The second-order valence-corrected chi connectivity index (χ2v) is 3.96. The molecule has 0 aliphatic heterocycles. The summed E-state index contributed by atoms with van der Waals surface area (Å²) >= 11 is 0. The van der Waals surface area contributed by atoms with E-state index in [9.17, 15) is 18.0 Å². The highest BCUT2D eigenvalue weighted by Crippen LogP contribution is 2.31. The van der Waals surface area contributed by atoms with Crippen LogP contribution in [-0.4, -0.2) is 11.1 Å². The molecule has 0 unspecified atom stereocenters.